The quantitative estimate of drug-likeness (QED) is 0.308. The Balaban J connectivity index is 1.91. The molecule has 0 saturated heterocycles. The van der Waals surface area contributed by atoms with Crippen LogP contribution in [0.15, 0.2) is 48.7 Å². The third-order valence-electron chi connectivity index (χ3n) is 4.42. The lowest BCUT2D eigenvalue weighted by atomic mass is 10.1. The van der Waals surface area contributed by atoms with E-state index in [2.05, 4.69) is 4.98 Å². The molecule has 0 aliphatic heterocycles. The van der Waals surface area contributed by atoms with Gasteiger partial charge in [-0.3, -0.25) is 0 Å². The van der Waals surface area contributed by atoms with Crippen molar-refractivity contribution in [2.24, 2.45) is 0 Å². The van der Waals surface area contributed by atoms with Gasteiger partial charge in [0.05, 0.1) is 18.2 Å². The summed E-state index contributed by atoms with van der Waals surface area (Å²) >= 11 is 12.0. The molecule has 1 aromatic heterocycles. The van der Waals surface area contributed by atoms with Crippen molar-refractivity contribution >= 4 is 45.9 Å². The Morgan fingerprint density at radius 3 is 2.09 bits per heavy atom. The van der Waals surface area contributed by atoms with Gasteiger partial charge in [0.2, 0.25) is 5.88 Å². The van der Waals surface area contributed by atoms with Crippen LogP contribution >= 0.6 is 23.2 Å². The van der Waals surface area contributed by atoms with Crippen LogP contribution in [0, 0.1) is 0 Å². The van der Waals surface area contributed by atoms with Crippen molar-refractivity contribution in [3.63, 3.8) is 0 Å². The lowest BCUT2D eigenvalue weighted by molar-refractivity contribution is -0.177. The first-order valence-corrected chi connectivity index (χ1v) is 10.6. The number of aromatic nitrogens is 1. The Hall–Kier alpha value is -3.03. The Kier molecular flexibility index (Phi) is 7.43. The molecule has 0 aliphatic carbocycles. The van der Waals surface area contributed by atoms with Crippen molar-refractivity contribution in [2.75, 3.05) is 13.2 Å². The van der Waals surface area contributed by atoms with Crippen LogP contribution in [0.4, 0.5) is 0 Å². The highest BCUT2D eigenvalue weighted by Gasteiger charge is 2.47. The van der Waals surface area contributed by atoms with Gasteiger partial charge in [-0.15, -0.1) is 0 Å². The Bertz CT molecular complexity index is 1130. The predicted molar refractivity (Wildman–Crippen MR) is 121 cm³/mol. The summed E-state index contributed by atoms with van der Waals surface area (Å²) in [5, 5.41) is 2.29. The van der Waals surface area contributed by atoms with E-state index in [1.807, 2.05) is 6.07 Å². The molecule has 0 bridgehead atoms. The van der Waals surface area contributed by atoms with Gasteiger partial charge in [0.15, 0.2) is 0 Å². The minimum atomic E-state index is -1.95. The van der Waals surface area contributed by atoms with Crippen molar-refractivity contribution < 1.29 is 28.5 Å². The van der Waals surface area contributed by atoms with Gasteiger partial charge in [0.1, 0.15) is 16.5 Å². The van der Waals surface area contributed by atoms with E-state index in [1.165, 1.54) is 19.2 Å². The number of carbonyl (C=O) groups excluding carboxylic acids is 2. The fourth-order valence-corrected chi connectivity index (χ4v) is 3.28. The molecule has 0 radical (unpaired) electrons. The highest BCUT2D eigenvalue weighted by Crippen LogP contribution is 2.32. The normalized spacial score (nSPS) is 11.2. The average Bonchev–Trinajstić information content (AvgIpc) is 2.75. The SMILES string of the molecule is CCOC(=O)C(C)(Oc1ccc2ccc(Oc3ncc(Cl)cc3Cl)cc2c1)C(=O)OCC. The maximum atomic E-state index is 12.5. The highest BCUT2D eigenvalue weighted by molar-refractivity contribution is 6.35. The average molecular weight is 478 g/mol. The monoisotopic (exact) mass is 477 g/mol. The molecule has 0 amide bonds. The molecule has 0 saturated carbocycles. The number of hydrogen-bond donors (Lipinski definition) is 0. The molecule has 0 N–H and O–H groups in total. The highest BCUT2D eigenvalue weighted by atomic mass is 35.5. The maximum Gasteiger partial charge on any atom is 0.362 e. The second-order valence-corrected chi connectivity index (χ2v) is 7.63. The van der Waals surface area contributed by atoms with Crippen LogP contribution in [0.5, 0.6) is 17.4 Å². The first kappa shape index (κ1) is 23.6. The summed E-state index contributed by atoms with van der Waals surface area (Å²) in [5.41, 5.74) is -1.95. The molecule has 3 rings (SSSR count). The number of pyridine rings is 1. The summed E-state index contributed by atoms with van der Waals surface area (Å²) in [6.45, 7) is 4.79. The number of rotatable bonds is 8. The topological polar surface area (TPSA) is 84.0 Å². The summed E-state index contributed by atoms with van der Waals surface area (Å²) in [5.74, 6) is -0.705. The van der Waals surface area contributed by atoms with Gasteiger partial charge in [0.25, 0.3) is 5.60 Å². The first-order valence-electron chi connectivity index (χ1n) is 9.83. The van der Waals surface area contributed by atoms with E-state index in [0.29, 0.717) is 10.8 Å². The number of ether oxygens (including phenoxy) is 4. The number of esters is 2. The number of halogens is 2. The zero-order valence-corrected chi connectivity index (χ0v) is 19.2. The van der Waals surface area contributed by atoms with Crippen molar-refractivity contribution in [1.82, 2.24) is 4.98 Å². The van der Waals surface area contributed by atoms with E-state index < -0.39 is 17.5 Å². The predicted octanol–water partition coefficient (Wildman–Crippen LogP) is 5.60. The van der Waals surface area contributed by atoms with Crippen molar-refractivity contribution in [1.29, 1.82) is 0 Å². The van der Waals surface area contributed by atoms with Gasteiger partial charge in [0, 0.05) is 6.20 Å². The zero-order chi connectivity index (χ0) is 23.3. The molecule has 168 valence electrons. The minimum absolute atomic E-state index is 0.0941. The summed E-state index contributed by atoms with van der Waals surface area (Å²) in [4.78, 5) is 29.0. The van der Waals surface area contributed by atoms with Gasteiger partial charge in [-0.1, -0.05) is 35.3 Å². The molecule has 0 spiro atoms. The Morgan fingerprint density at radius 1 is 0.906 bits per heavy atom. The van der Waals surface area contributed by atoms with Crippen molar-refractivity contribution in [2.45, 2.75) is 26.4 Å². The number of fused-ring (bicyclic) bond motifs is 1. The molecule has 2 aromatic carbocycles. The molecule has 3 aromatic rings. The number of benzene rings is 2. The molecular formula is C23H21Cl2NO6. The lowest BCUT2D eigenvalue weighted by Crippen LogP contribution is -2.51. The van der Waals surface area contributed by atoms with Crippen LogP contribution in [0.3, 0.4) is 0 Å². The van der Waals surface area contributed by atoms with Crippen LogP contribution in [-0.2, 0) is 19.1 Å². The van der Waals surface area contributed by atoms with E-state index in [0.717, 1.165) is 10.8 Å². The molecule has 9 heteroatoms. The molecule has 32 heavy (non-hydrogen) atoms. The molecule has 0 aliphatic rings. The lowest BCUT2D eigenvalue weighted by Gasteiger charge is -2.26. The van der Waals surface area contributed by atoms with Crippen LogP contribution in [0.1, 0.15) is 20.8 Å². The van der Waals surface area contributed by atoms with Gasteiger partial charge in [-0.05, 0) is 61.9 Å². The largest absolute Gasteiger partial charge is 0.464 e. The molecule has 0 atom stereocenters. The van der Waals surface area contributed by atoms with Gasteiger partial charge >= 0.3 is 11.9 Å². The van der Waals surface area contributed by atoms with Gasteiger partial charge in [-0.2, -0.15) is 0 Å². The van der Waals surface area contributed by atoms with Crippen LogP contribution in [-0.4, -0.2) is 35.7 Å². The Morgan fingerprint density at radius 2 is 1.50 bits per heavy atom. The smallest absolute Gasteiger partial charge is 0.362 e. The van der Waals surface area contributed by atoms with Crippen molar-refractivity contribution in [3.8, 4) is 17.4 Å². The number of carbonyl (C=O) groups is 2. The number of hydrogen-bond acceptors (Lipinski definition) is 7. The molecular weight excluding hydrogens is 457 g/mol. The number of nitrogens with zero attached hydrogens (tertiary/aromatic N) is 1. The van der Waals surface area contributed by atoms with Gasteiger partial charge < -0.3 is 18.9 Å². The summed E-state index contributed by atoms with van der Waals surface area (Å²) in [6, 6.07) is 12.0. The molecule has 0 fully saturated rings. The van der Waals surface area contributed by atoms with E-state index in [-0.39, 0.29) is 29.9 Å². The van der Waals surface area contributed by atoms with Crippen molar-refractivity contribution in [3.05, 3.63) is 58.7 Å². The van der Waals surface area contributed by atoms with E-state index in [9.17, 15) is 9.59 Å². The van der Waals surface area contributed by atoms with Crippen LogP contribution in [0.2, 0.25) is 10.0 Å². The van der Waals surface area contributed by atoms with E-state index in [1.54, 1.807) is 44.2 Å². The fraction of sp³-hybridized carbons (Fsp3) is 0.261. The molecule has 0 unspecified atom stereocenters. The third-order valence-corrected chi connectivity index (χ3v) is 4.90. The summed E-state index contributed by atoms with van der Waals surface area (Å²) in [7, 11) is 0. The van der Waals surface area contributed by atoms with E-state index in [4.69, 9.17) is 42.1 Å². The molecule has 7 nitrogen and oxygen atoms in total. The minimum Gasteiger partial charge on any atom is -0.464 e. The van der Waals surface area contributed by atoms with E-state index >= 15 is 0 Å². The zero-order valence-electron chi connectivity index (χ0n) is 17.7. The second-order valence-electron chi connectivity index (χ2n) is 6.79. The standard InChI is InChI=1S/C23H21Cl2NO6/c1-4-29-21(27)23(3,22(28)30-5-2)32-18-9-7-14-6-8-17(10-15(14)11-18)31-20-19(25)12-16(24)13-26-20/h6-13H,4-5H2,1-3H3. The Labute approximate surface area is 195 Å². The third kappa shape index (κ3) is 5.23. The summed E-state index contributed by atoms with van der Waals surface area (Å²) in [6.07, 6.45) is 1.43. The van der Waals surface area contributed by atoms with Gasteiger partial charge in [-0.25, -0.2) is 14.6 Å². The fourth-order valence-electron chi connectivity index (χ4n) is 2.86. The first-order chi connectivity index (χ1) is 15.3. The summed E-state index contributed by atoms with van der Waals surface area (Å²) < 4.78 is 21.6. The van der Waals surface area contributed by atoms with Crippen LogP contribution < -0.4 is 9.47 Å². The molecule has 1 heterocycles. The second kappa shape index (κ2) is 10.1. The van der Waals surface area contributed by atoms with Crippen LogP contribution in [0.25, 0.3) is 10.8 Å². The maximum absolute atomic E-state index is 12.5.